The first kappa shape index (κ1) is 75.1. The maximum Gasteiger partial charge on any atom is 0.270 e. The number of rotatable bonds is 20. The van der Waals surface area contributed by atoms with Gasteiger partial charge in [-0.25, -0.2) is 0 Å². The summed E-state index contributed by atoms with van der Waals surface area (Å²) in [6, 6.07) is 88.0. The van der Waals surface area contributed by atoms with Crippen molar-refractivity contribution in [3.63, 3.8) is 0 Å². The lowest BCUT2D eigenvalue weighted by molar-refractivity contribution is -0.401. The van der Waals surface area contributed by atoms with Crippen LogP contribution in [0.4, 0.5) is 45.5 Å². The zero-order valence-corrected chi connectivity index (χ0v) is 66.4. The second-order valence-corrected chi connectivity index (χ2v) is 32.5. The summed E-state index contributed by atoms with van der Waals surface area (Å²) in [4.78, 5) is 54.4. The molecule has 8 unspecified atom stereocenters. The summed E-state index contributed by atoms with van der Waals surface area (Å²) in [7, 11) is 4.16. The molecular formula is C100H88N8O8+2. The van der Waals surface area contributed by atoms with Crippen molar-refractivity contribution in [2.24, 2.45) is 0 Å². The Balaban J connectivity index is 0.810. The third kappa shape index (κ3) is 11.9. The van der Waals surface area contributed by atoms with Crippen molar-refractivity contribution in [3.8, 4) is 0 Å². The molecule has 0 saturated carbocycles. The van der Waals surface area contributed by atoms with Crippen LogP contribution in [-0.4, -0.2) is 54.4 Å². The van der Waals surface area contributed by atoms with Gasteiger partial charge in [-0.15, -0.1) is 0 Å². The minimum absolute atomic E-state index is 0.00261. The molecule has 0 N–H and O–H groups in total. The predicted molar refractivity (Wildman–Crippen MR) is 466 cm³/mol. The molecule has 116 heavy (non-hydrogen) atoms. The zero-order chi connectivity index (χ0) is 81.0. The molecule has 0 spiro atoms. The minimum Gasteiger partial charge on any atom is -0.339 e. The van der Waals surface area contributed by atoms with Crippen molar-refractivity contribution in [1.82, 2.24) is 0 Å². The molecule has 16 heteroatoms. The fourth-order valence-electron chi connectivity index (χ4n) is 20.2. The Morgan fingerprint density at radius 1 is 0.336 bits per heavy atom. The van der Waals surface area contributed by atoms with Crippen LogP contribution in [0, 0.1) is 40.5 Å². The Bertz CT molecular complexity index is 6090. The molecule has 574 valence electrons. The predicted octanol–water partition coefficient (Wildman–Crippen LogP) is 24.0. The molecule has 0 aliphatic carbocycles. The fraction of sp³-hybridized carbons (Fsp3) is 0.200. The fourth-order valence-corrected chi connectivity index (χ4v) is 20.2. The van der Waals surface area contributed by atoms with Gasteiger partial charge in [-0.05, 0) is 188 Å². The van der Waals surface area contributed by atoms with Crippen molar-refractivity contribution < 1.29 is 28.8 Å². The first-order chi connectivity index (χ1) is 55.8. The van der Waals surface area contributed by atoms with Crippen LogP contribution in [0.3, 0.4) is 0 Å². The molecule has 4 aliphatic heterocycles. The summed E-state index contributed by atoms with van der Waals surface area (Å²) in [5, 5.41) is 57.7. The van der Waals surface area contributed by atoms with E-state index in [4.69, 9.17) is 0 Å². The van der Waals surface area contributed by atoms with Crippen LogP contribution in [0.5, 0.6) is 0 Å². The van der Waals surface area contributed by atoms with E-state index < -0.39 is 21.7 Å². The molecule has 17 rings (SSSR count). The number of nitro benzene ring substituents is 4. The Labute approximate surface area is 673 Å². The molecule has 4 heterocycles. The normalized spacial score (nSPS) is 20.7. The number of benzene rings is 13. The van der Waals surface area contributed by atoms with E-state index in [1.807, 2.05) is 60.7 Å². The molecule has 0 saturated heterocycles. The molecule has 13 aromatic rings. The molecule has 8 atom stereocenters. The summed E-state index contributed by atoms with van der Waals surface area (Å²) >= 11 is 0. The molecule has 0 aromatic heterocycles. The van der Waals surface area contributed by atoms with Gasteiger partial charge in [-0.1, -0.05) is 198 Å². The van der Waals surface area contributed by atoms with Gasteiger partial charge < -0.3 is 9.80 Å². The lowest BCUT2D eigenvalue weighted by Crippen LogP contribution is -2.36. The molecular weight excluding hydrogens is 1440 g/mol. The van der Waals surface area contributed by atoms with Crippen LogP contribution in [-0.2, 0) is 34.7 Å². The standard InChI is InChI=1S/C100H88N8O8/c1-63(69-25-15-11-16-26-69)97(5)89(101(9)85-53-45-73-41-49-77(105(109)110)57-81(73)93(85)97)33-23-35-91-99(7,65(3)71-29-19-13-20-30-71)95-83-59-79(107(113)114)51-43-75(83)47-55-87(95)103(91)61-67-37-39-68(40-38-67)62-104-88-56-48-76-44-52-80(108(115)116)60-84(76)96(88)100(8,66(4)72-31-21-14-22-32-72)92(104)36-24-34-90-98(6,64(2)70-27-17-12-18-28-70)94-82-58-78(106(111)112)50-42-74(82)46-54-86(94)102(90)10/h11-60,63-66H,61-62H2,1-10H3/q+2. The van der Waals surface area contributed by atoms with E-state index in [2.05, 4.69) is 283 Å². The largest absolute Gasteiger partial charge is 0.339 e. The number of hydrogen-bond donors (Lipinski definition) is 0. The number of nitrogens with zero attached hydrogens (tertiary/aromatic N) is 8. The van der Waals surface area contributed by atoms with Gasteiger partial charge in [0.15, 0.2) is 11.4 Å². The lowest BCUT2D eigenvalue weighted by Gasteiger charge is -2.37. The van der Waals surface area contributed by atoms with Crippen LogP contribution in [0.15, 0.2) is 315 Å². The Morgan fingerprint density at radius 3 is 0.879 bits per heavy atom. The van der Waals surface area contributed by atoms with E-state index in [0.29, 0.717) is 13.1 Å². The lowest BCUT2D eigenvalue weighted by atomic mass is 9.66. The van der Waals surface area contributed by atoms with Crippen LogP contribution < -0.4 is 9.80 Å². The Morgan fingerprint density at radius 2 is 0.595 bits per heavy atom. The highest BCUT2D eigenvalue weighted by atomic mass is 16.6. The van der Waals surface area contributed by atoms with Crippen LogP contribution in [0.25, 0.3) is 43.1 Å². The molecule has 0 radical (unpaired) electrons. The first-order valence-corrected chi connectivity index (χ1v) is 39.5. The molecule has 16 nitrogen and oxygen atoms in total. The zero-order valence-electron chi connectivity index (χ0n) is 66.4. The summed E-state index contributed by atoms with van der Waals surface area (Å²) < 4.78 is 4.46. The summed E-state index contributed by atoms with van der Waals surface area (Å²) in [5.74, 6) is -0.580. The van der Waals surface area contributed by atoms with Gasteiger partial charge >= 0.3 is 0 Å². The molecule has 0 fully saturated rings. The number of hydrogen-bond acceptors (Lipinski definition) is 10. The minimum atomic E-state index is -0.818. The van der Waals surface area contributed by atoms with Gasteiger partial charge in [-0.3, -0.25) is 40.5 Å². The van der Waals surface area contributed by atoms with Gasteiger partial charge in [0, 0.05) is 142 Å². The first-order valence-electron chi connectivity index (χ1n) is 39.5. The van der Waals surface area contributed by atoms with Crippen LogP contribution in [0.2, 0.25) is 0 Å². The van der Waals surface area contributed by atoms with E-state index in [9.17, 15) is 40.5 Å². The second kappa shape index (κ2) is 28.8. The topological polar surface area (TPSA) is 185 Å². The Hall–Kier alpha value is -13.6. The van der Waals surface area contributed by atoms with Crippen molar-refractivity contribution in [3.05, 3.63) is 411 Å². The molecule has 13 aromatic carbocycles. The van der Waals surface area contributed by atoms with Gasteiger partial charge in [0.2, 0.25) is 11.4 Å². The maximum absolute atomic E-state index is 12.9. The van der Waals surface area contributed by atoms with E-state index in [0.717, 1.165) is 144 Å². The number of non-ortho nitro benzene ring substituents is 4. The van der Waals surface area contributed by atoms with Crippen molar-refractivity contribution >= 4 is 100 Å². The molecule has 4 aliphatic rings. The van der Waals surface area contributed by atoms with Crippen molar-refractivity contribution in [2.75, 3.05) is 23.9 Å². The van der Waals surface area contributed by atoms with Crippen molar-refractivity contribution in [2.45, 2.75) is 114 Å². The van der Waals surface area contributed by atoms with E-state index in [-0.39, 0.29) is 66.1 Å². The number of anilines is 2. The third-order valence-corrected chi connectivity index (χ3v) is 27.0. The average Bonchev–Trinajstić information content (AvgIpc) is 1.57. The van der Waals surface area contributed by atoms with E-state index in [1.165, 1.54) is 0 Å². The third-order valence-electron chi connectivity index (χ3n) is 27.0. The van der Waals surface area contributed by atoms with Gasteiger partial charge in [0.25, 0.3) is 22.7 Å². The summed E-state index contributed by atoms with van der Waals surface area (Å²) in [5.41, 5.74) is 15.1. The highest BCUT2D eigenvalue weighted by molar-refractivity contribution is 6.11. The van der Waals surface area contributed by atoms with Gasteiger partial charge in [-0.2, -0.15) is 9.15 Å². The van der Waals surface area contributed by atoms with Crippen LogP contribution >= 0.6 is 0 Å². The molecule has 0 amide bonds. The maximum atomic E-state index is 12.9. The quantitative estimate of drug-likeness (QED) is 0.0404. The second-order valence-electron chi connectivity index (χ2n) is 32.5. The monoisotopic (exact) mass is 1530 g/mol. The van der Waals surface area contributed by atoms with E-state index >= 15 is 0 Å². The van der Waals surface area contributed by atoms with Gasteiger partial charge in [0.1, 0.15) is 14.1 Å². The van der Waals surface area contributed by atoms with Gasteiger partial charge in [0.05, 0.1) is 30.5 Å². The number of fused-ring (bicyclic) bond motifs is 12. The Kier molecular flexibility index (Phi) is 18.6. The number of nitro groups is 4. The van der Waals surface area contributed by atoms with Crippen molar-refractivity contribution in [1.29, 1.82) is 0 Å². The highest BCUT2D eigenvalue weighted by Gasteiger charge is 2.55. The molecule has 0 bridgehead atoms. The van der Waals surface area contributed by atoms with E-state index in [1.54, 1.807) is 48.5 Å². The SMILES string of the molecule is CC(c1ccccc1)C1(C)C(=CC=CC2=[N+](C)c3ccc4ccc([N+](=O)[O-])cc4c3C2(C)C(C)c2ccccc2)N(Cc2ccc(CN3C(=CC=CC4=[N+](C)c5ccc6ccc([N+](=O)[O-])cc6c5C4(C)C(C)c4ccccc4)C(C)(C(C)c4ccccc4)c4c3ccc3ccc([N+](=O)[O-])cc43)cc2)c2ccc3ccc([N+](=O)[O-])cc3c21. The highest BCUT2D eigenvalue weighted by Crippen LogP contribution is 2.61. The summed E-state index contributed by atoms with van der Waals surface area (Å²) in [6.07, 6.45) is 13.2. The van der Waals surface area contributed by atoms with Crippen LogP contribution in [0.1, 0.15) is 135 Å². The average molecular weight is 1530 g/mol. The smallest absolute Gasteiger partial charge is 0.270 e. The number of allylic oxidation sites excluding steroid dienone is 8. The summed E-state index contributed by atoms with van der Waals surface area (Å²) in [6.45, 7) is 18.9.